The van der Waals surface area contributed by atoms with Crippen molar-refractivity contribution in [2.75, 3.05) is 31.7 Å². The predicted molar refractivity (Wildman–Crippen MR) is 78.3 cm³/mol. The molecule has 1 aromatic carbocycles. The molecule has 0 aliphatic heterocycles. The fourth-order valence-corrected chi connectivity index (χ4v) is 2.18. The van der Waals surface area contributed by atoms with Gasteiger partial charge in [-0.2, -0.15) is 0 Å². The SMILES string of the molecule is CCN(CCOC)c1ccc(C)cc1CC(C)N. The number of methoxy groups -OCH3 is 1. The van der Waals surface area contributed by atoms with Gasteiger partial charge >= 0.3 is 0 Å². The lowest BCUT2D eigenvalue weighted by Crippen LogP contribution is -2.29. The van der Waals surface area contributed by atoms with Crippen LogP contribution in [0.3, 0.4) is 0 Å². The zero-order valence-electron chi connectivity index (χ0n) is 12.1. The van der Waals surface area contributed by atoms with Gasteiger partial charge in [0.1, 0.15) is 0 Å². The predicted octanol–water partition coefficient (Wildman–Crippen LogP) is 2.36. The maximum atomic E-state index is 5.94. The highest BCUT2D eigenvalue weighted by Gasteiger charge is 2.11. The molecule has 0 spiro atoms. The highest BCUT2D eigenvalue weighted by Crippen LogP contribution is 2.23. The summed E-state index contributed by atoms with van der Waals surface area (Å²) in [6.07, 6.45) is 0.917. The molecule has 0 fully saturated rings. The van der Waals surface area contributed by atoms with Crippen LogP contribution in [0.1, 0.15) is 25.0 Å². The van der Waals surface area contributed by atoms with Crippen LogP contribution in [0, 0.1) is 6.92 Å². The van der Waals surface area contributed by atoms with Gasteiger partial charge in [0.15, 0.2) is 0 Å². The van der Waals surface area contributed by atoms with E-state index < -0.39 is 0 Å². The Labute approximate surface area is 111 Å². The number of aryl methyl sites for hydroxylation is 1. The number of likely N-dealkylation sites (N-methyl/N-ethyl adjacent to an activating group) is 1. The second-order valence-corrected chi connectivity index (χ2v) is 4.89. The molecule has 1 atom stereocenters. The molecule has 1 rings (SSSR count). The van der Waals surface area contributed by atoms with Crippen molar-refractivity contribution in [3.63, 3.8) is 0 Å². The lowest BCUT2D eigenvalue weighted by molar-refractivity contribution is 0.205. The van der Waals surface area contributed by atoms with E-state index in [1.807, 2.05) is 0 Å². The topological polar surface area (TPSA) is 38.5 Å². The molecule has 0 amide bonds. The number of benzene rings is 1. The summed E-state index contributed by atoms with van der Waals surface area (Å²) < 4.78 is 5.17. The third-order valence-corrected chi connectivity index (χ3v) is 3.06. The van der Waals surface area contributed by atoms with Crippen LogP contribution in [-0.2, 0) is 11.2 Å². The fraction of sp³-hybridized carbons (Fsp3) is 0.600. The highest BCUT2D eigenvalue weighted by atomic mass is 16.5. The molecular weight excluding hydrogens is 224 g/mol. The van der Waals surface area contributed by atoms with Gasteiger partial charge < -0.3 is 15.4 Å². The van der Waals surface area contributed by atoms with Gasteiger partial charge in [0, 0.05) is 31.9 Å². The van der Waals surface area contributed by atoms with Crippen molar-refractivity contribution >= 4 is 5.69 Å². The van der Waals surface area contributed by atoms with Gasteiger partial charge in [-0.3, -0.25) is 0 Å². The van der Waals surface area contributed by atoms with Crippen LogP contribution in [0.25, 0.3) is 0 Å². The van der Waals surface area contributed by atoms with E-state index >= 15 is 0 Å². The fourth-order valence-electron chi connectivity index (χ4n) is 2.18. The number of anilines is 1. The lowest BCUT2D eigenvalue weighted by Gasteiger charge is -2.26. The zero-order chi connectivity index (χ0) is 13.5. The second kappa shape index (κ2) is 7.39. The largest absolute Gasteiger partial charge is 0.383 e. The Balaban J connectivity index is 2.96. The molecule has 0 radical (unpaired) electrons. The Bertz CT molecular complexity index is 364. The van der Waals surface area contributed by atoms with Crippen molar-refractivity contribution in [1.82, 2.24) is 0 Å². The van der Waals surface area contributed by atoms with E-state index in [1.54, 1.807) is 7.11 Å². The Morgan fingerprint density at radius 3 is 2.67 bits per heavy atom. The maximum Gasteiger partial charge on any atom is 0.0637 e. The highest BCUT2D eigenvalue weighted by molar-refractivity contribution is 5.55. The van der Waals surface area contributed by atoms with Crippen molar-refractivity contribution in [2.45, 2.75) is 33.2 Å². The summed E-state index contributed by atoms with van der Waals surface area (Å²) in [6.45, 7) is 9.00. The van der Waals surface area contributed by atoms with Crippen molar-refractivity contribution in [3.05, 3.63) is 29.3 Å². The molecular formula is C15H26N2O. The first-order valence-electron chi connectivity index (χ1n) is 6.67. The Hall–Kier alpha value is -1.06. The summed E-state index contributed by atoms with van der Waals surface area (Å²) in [5, 5.41) is 0. The Morgan fingerprint density at radius 2 is 2.11 bits per heavy atom. The third kappa shape index (κ3) is 4.31. The number of nitrogens with zero attached hydrogens (tertiary/aromatic N) is 1. The molecule has 0 aliphatic carbocycles. The average molecular weight is 250 g/mol. The van der Waals surface area contributed by atoms with Gasteiger partial charge in [0.2, 0.25) is 0 Å². The molecule has 0 heterocycles. The van der Waals surface area contributed by atoms with Crippen LogP contribution in [0.4, 0.5) is 5.69 Å². The quantitative estimate of drug-likeness (QED) is 0.807. The summed E-state index contributed by atoms with van der Waals surface area (Å²) in [4.78, 5) is 2.35. The van der Waals surface area contributed by atoms with Crippen molar-refractivity contribution in [1.29, 1.82) is 0 Å². The monoisotopic (exact) mass is 250 g/mol. The second-order valence-electron chi connectivity index (χ2n) is 4.89. The molecule has 3 nitrogen and oxygen atoms in total. The molecule has 2 N–H and O–H groups in total. The molecule has 18 heavy (non-hydrogen) atoms. The number of nitrogens with two attached hydrogens (primary N) is 1. The normalized spacial score (nSPS) is 12.5. The summed E-state index contributed by atoms with van der Waals surface area (Å²) >= 11 is 0. The Kier molecular flexibility index (Phi) is 6.16. The van der Waals surface area contributed by atoms with Gasteiger partial charge in [0.05, 0.1) is 6.61 Å². The first-order chi connectivity index (χ1) is 8.58. The summed E-state index contributed by atoms with van der Waals surface area (Å²) in [7, 11) is 1.74. The van der Waals surface area contributed by atoms with E-state index in [0.29, 0.717) is 0 Å². The van der Waals surface area contributed by atoms with Gasteiger partial charge in [0.25, 0.3) is 0 Å². The van der Waals surface area contributed by atoms with Gasteiger partial charge in [-0.05, 0) is 38.8 Å². The van der Waals surface area contributed by atoms with Crippen LogP contribution < -0.4 is 10.6 Å². The minimum Gasteiger partial charge on any atom is -0.383 e. The molecule has 0 saturated carbocycles. The van der Waals surface area contributed by atoms with Crippen LogP contribution in [0.15, 0.2) is 18.2 Å². The maximum absolute atomic E-state index is 5.94. The summed E-state index contributed by atoms with van der Waals surface area (Å²) in [6, 6.07) is 6.79. The third-order valence-electron chi connectivity index (χ3n) is 3.06. The molecule has 0 aromatic heterocycles. The van der Waals surface area contributed by atoms with Gasteiger partial charge in [-0.25, -0.2) is 0 Å². The standard InChI is InChI=1S/C15H26N2O/c1-5-17(8-9-18-4)15-7-6-12(2)10-14(15)11-13(3)16/h6-7,10,13H,5,8-9,11,16H2,1-4H3. The van der Waals surface area contributed by atoms with Gasteiger partial charge in [-0.1, -0.05) is 17.7 Å². The number of ether oxygens (including phenoxy) is 1. The first kappa shape index (κ1) is 15.0. The molecule has 0 bridgehead atoms. The molecule has 0 aliphatic rings. The van der Waals surface area contributed by atoms with Crippen LogP contribution in [-0.4, -0.2) is 32.8 Å². The summed E-state index contributed by atoms with van der Waals surface area (Å²) in [5.74, 6) is 0. The van der Waals surface area contributed by atoms with E-state index in [1.165, 1.54) is 16.8 Å². The van der Waals surface area contributed by atoms with E-state index in [9.17, 15) is 0 Å². The smallest absolute Gasteiger partial charge is 0.0637 e. The van der Waals surface area contributed by atoms with Crippen LogP contribution >= 0.6 is 0 Å². The first-order valence-corrected chi connectivity index (χ1v) is 6.67. The number of hydrogen-bond donors (Lipinski definition) is 1. The van der Waals surface area contributed by atoms with E-state index in [2.05, 4.69) is 43.9 Å². The number of hydrogen-bond acceptors (Lipinski definition) is 3. The van der Waals surface area contributed by atoms with Crippen molar-refractivity contribution in [3.8, 4) is 0 Å². The molecule has 3 heteroatoms. The zero-order valence-corrected chi connectivity index (χ0v) is 12.1. The molecule has 0 saturated heterocycles. The minimum absolute atomic E-state index is 0.187. The molecule has 1 aromatic rings. The van der Waals surface area contributed by atoms with E-state index in [-0.39, 0.29) is 6.04 Å². The number of rotatable bonds is 7. The average Bonchev–Trinajstić information content (AvgIpc) is 2.31. The van der Waals surface area contributed by atoms with E-state index in [0.717, 1.165) is 26.1 Å². The molecule has 1 unspecified atom stereocenters. The van der Waals surface area contributed by atoms with Gasteiger partial charge in [-0.15, -0.1) is 0 Å². The van der Waals surface area contributed by atoms with Crippen molar-refractivity contribution in [2.24, 2.45) is 5.73 Å². The van der Waals surface area contributed by atoms with Crippen LogP contribution in [0.2, 0.25) is 0 Å². The Morgan fingerprint density at radius 1 is 1.39 bits per heavy atom. The van der Waals surface area contributed by atoms with Crippen molar-refractivity contribution < 1.29 is 4.74 Å². The van der Waals surface area contributed by atoms with Crippen LogP contribution in [0.5, 0.6) is 0 Å². The van der Waals surface area contributed by atoms with E-state index in [4.69, 9.17) is 10.5 Å². The minimum atomic E-state index is 0.187. The summed E-state index contributed by atoms with van der Waals surface area (Å²) in [5.41, 5.74) is 9.86. The molecule has 102 valence electrons. The lowest BCUT2D eigenvalue weighted by atomic mass is 10.0.